The summed E-state index contributed by atoms with van der Waals surface area (Å²) in [7, 11) is 0. The number of nitrogens with two attached hydrogens (primary N) is 1. The summed E-state index contributed by atoms with van der Waals surface area (Å²) in [5.74, 6) is 0.498. The maximum atomic E-state index is 5.54. The lowest BCUT2D eigenvalue weighted by Gasteiger charge is -1.96. The van der Waals surface area contributed by atoms with E-state index in [1.165, 1.54) is 0 Å². The Morgan fingerprint density at radius 3 is 2.92 bits per heavy atom. The van der Waals surface area contributed by atoms with E-state index < -0.39 is 0 Å². The topological polar surface area (TPSA) is 70.5 Å². The molecule has 0 aliphatic carbocycles. The molecule has 0 bridgehead atoms. The number of nitrogen functional groups attached to an aromatic ring is 1. The second-order valence-electron chi connectivity index (χ2n) is 2.63. The molecule has 2 rings (SSSR count). The van der Waals surface area contributed by atoms with Crippen molar-refractivity contribution in [3.8, 4) is 11.3 Å². The van der Waals surface area contributed by atoms with E-state index in [2.05, 4.69) is 15.0 Å². The van der Waals surface area contributed by atoms with Gasteiger partial charge in [-0.2, -0.15) is 0 Å². The first-order valence-corrected chi connectivity index (χ1v) is 4.16. The standard InChI is InChI=1S/C8H8N4S/c9-7-3-5(1-2-10-7)6-4-11-8(13)12-6/h1-4H,(H2,9,10)(H2,11,12,13). The molecule has 0 aliphatic rings. The quantitative estimate of drug-likeness (QED) is 0.602. The summed E-state index contributed by atoms with van der Waals surface area (Å²) in [5.41, 5.74) is 7.43. The molecule has 0 aliphatic heterocycles. The Bertz CT molecular complexity index is 471. The Morgan fingerprint density at radius 2 is 2.31 bits per heavy atom. The number of hydrogen-bond acceptors (Lipinski definition) is 3. The van der Waals surface area contributed by atoms with Crippen LogP contribution in [0.3, 0.4) is 0 Å². The number of aromatic amines is 2. The van der Waals surface area contributed by atoms with Gasteiger partial charge in [0.25, 0.3) is 0 Å². The normalized spacial score (nSPS) is 10.2. The Hall–Kier alpha value is -1.62. The van der Waals surface area contributed by atoms with E-state index in [-0.39, 0.29) is 0 Å². The Kier molecular flexibility index (Phi) is 1.86. The van der Waals surface area contributed by atoms with Crippen LogP contribution in [0.4, 0.5) is 5.82 Å². The van der Waals surface area contributed by atoms with E-state index in [0.29, 0.717) is 10.6 Å². The van der Waals surface area contributed by atoms with Crippen molar-refractivity contribution in [3.05, 3.63) is 29.3 Å². The largest absolute Gasteiger partial charge is 0.384 e. The fraction of sp³-hybridized carbons (Fsp3) is 0. The molecule has 0 amide bonds. The van der Waals surface area contributed by atoms with Gasteiger partial charge in [0, 0.05) is 18.0 Å². The first-order valence-electron chi connectivity index (χ1n) is 3.75. The number of H-pyrrole nitrogens is 2. The lowest BCUT2D eigenvalue weighted by Crippen LogP contribution is -1.89. The monoisotopic (exact) mass is 192 g/mol. The highest BCUT2D eigenvalue weighted by atomic mass is 32.1. The van der Waals surface area contributed by atoms with Crippen LogP contribution < -0.4 is 5.73 Å². The molecule has 2 aromatic heterocycles. The zero-order valence-corrected chi connectivity index (χ0v) is 7.56. The van der Waals surface area contributed by atoms with Gasteiger partial charge >= 0.3 is 0 Å². The zero-order valence-electron chi connectivity index (χ0n) is 6.74. The molecule has 0 fully saturated rings. The summed E-state index contributed by atoms with van der Waals surface area (Å²) in [6.45, 7) is 0. The molecule has 2 heterocycles. The van der Waals surface area contributed by atoms with Gasteiger partial charge in [-0.1, -0.05) is 0 Å². The smallest absolute Gasteiger partial charge is 0.174 e. The second kappa shape index (κ2) is 3.02. The predicted molar refractivity (Wildman–Crippen MR) is 53.6 cm³/mol. The van der Waals surface area contributed by atoms with Crippen LogP contribution in [0, 0.1) is 4.77 Å². The zero-order chi connectivity index (χ0) is 9.26. The SMILES string of the molecule is Nc1cc(-c2c[nH]c(=S)[nH]2)ccn1. The van der Waals surface area contributed by atoms with Crippen molar-refractivity contribution in [2.45, 2.75) is 0 Å². The first-order chi connectivity index (χ1) is 6.25. The third-order valence-corrected chi connectivity index (χ3v) is 1.91. The summed E-state index contributed by atoms with van der Waals surface area (Å²) in [6.07, 6.45) is 3.46. The van der Waals surface area contributed by atoms with E-state index in [0.717, 1.165) is 11.3 Å². The van der Waals surface area contributed by atoms with Gasteiger partial charge in [-0.05, 0) is 24.4 Å². The molecule has 0 atom stereocenters. The minimum absolute atomic E-state index is 0.498. The Morgan fingerprint density at radius 1 is 1.46 bits per heavy atom. The van der Waals surface area contributed by atoms with Crippen molar-refractivity contribution >= 4 is 18.0 Å². The van der Waals surface area contributed by atoms with Crippen LogP contribution in [0.15, 0.2) is 24.5 Å². The van der Waals surface area contributed by atoms with Crippen molar-refractivity contribution in [1.29, 1.82) is 0 Å². The van der Waals surface area contributed by atoms with Crippen LogP contribution in [0.1, 0.15) is 0 Å². The highest BCUT2D eigenvalue weighted by Crippen LogP contribution is 2.16. The molecule has 0 spiro atoms. The van der Waals surface area contributed by atoms with Crippen LogP contribution in [0.5, 0.6) is 0 Å². The molecule has 0 radical (unpaired) electrons. The van der Waals surface area contributed by atoms with Gasteiger partial charge in [0.05, 0.1) is 5.69 Å². The van der Waals surface area contributed by atoms with Gasteiger partial charge in [-0.25, -0.2) is 4.98 Å². The molecule has 66 valence electrons. The maximum Gasteiger partial charge on any atom is 0.174 e. The van der Waals surface area contributed by atoms with Crippen molar-refractivity contribution in [2.75, 3.05) is 5.73 Å². The Labute approximate surface area is 79.8 Å². The molecular formula is C8H8N4S. The molecule has 0 aromatic carbocycles. The van der Waals surface area contributed by atoms with Crippen LogP contribution >= 0.6 is 12.2 Å². The van der Waals surface area contributed by atoms with Crippen LogP contribution in [-0.4, -0.2) is 15.0 Å². The summed E-state index contributed by atoms with van der Waals surface area (Å²) < 4.78 is 0.602. The van der Waals surface area contributed by atoms with Gasteiger partial charge in [-0.15, -0.1) is 0 Å². The highest BCUT2D eigenvalue weighted by Gasteiger charge is 1.98. The van der Waals surface area contributed by atoms with Gasteiger partial charge in [0.1, 0.15) is 5.82 Å². The number of nitrogens with zero attached hydrogens (tertiary/aromatic N) is 1. The molecule has 2 aromatic rings. The van der Waals surface area contributed by atoms with Crippen molar-refractivity contribution in [3.63, 3.8) is 0 Å². The molecule has 4 nitrogen and oxygen atoms in total. The lowest BCUT2D eigenvalue weighted by atomic mass is 10.2. The molecule has 5 heteroatoms. The van der Waals surface area contributed by atoms with Crippen molar-refractivity contribution < 1.29 is 0 Å². The van der Waals surface area contributed by atoms with E-state index in [1.807, 2.05) is 6.07 Å². The Balaban J connectivity index is 2.52. The minimum Gasteiger partial charge on any atom is -0.384 e. The summed E-state index contributed by atoms with van der Waals surface area (Å²) in [5, 5.41) is 0. The number of nitrogens with one attached hydrogen (secondary N) is 2. The average molecular weight is 192 g/mol. The number of anilines is 1. The molecule has 0 saturated carbocycles. The van der Waals surface area contributed by atoms with E-state index in [1.54, 1.807) is 18.5 Å². The molecule has 4 N–H and O–H groups in total. The third-order valence-electron chi connectivity index (χ3n) is 1.69. The summed E-state index contributed by atoms with van der Waals surface area (Å²) >= 11 is 4.91. The van der Waals surface area contributed by atoms with Crippen molar-refractivity contribution in [2.24, 2.45) is 0 Å². The molecule has 0 unspecified atom stereocenters. The first kappa shape index (κ1) is 8.00. The number of hydrogen-bond donors (Lipinski definition) is 3. The highest BCUT2D eigenvalue weighted by molar-refractivity contribution is 7.71. The number of imidazole rings is 1. The summed E-state index contributed by atoms with van der Waals surface area (Å²) in [6, 6.07) is 3.65. The van der Waals surface area contributed by atoms with Gasteiger partial charge in [0.15, 0.2) is 4.77 Å². The van der Waals surface area contributed by atoms with Crippen LogP contribution in [0.25, 0.3) is 11.3 Å². The van der Waals surface area contributed by atoms with Crippen LogP contribution in [0.2, 0.25) is 0 Å². The van der Waals surface area contributed by atoms with Crippen molar-refractivity contribution in [1.82, 2.24) is 15.0 Å². The minimum atomic E-state index is 0.498. The van der Waals surface area contributed by atoms with Gasteiger partial charge < -0.3 is 15.7 Å². The fourth-order valence-corrected chi connectivity index (χ4v) is 1.27. The second-order valence-corrected chi connectivity index (χ2v) is 3.03. The van der Waals surface area contributed by atoms with Gasteiger partial charge in [-0.3, -0.25) is 0 Å². The van der Waals surface area contributed by atoms with Gasteiger partial charge in [0.2, 0.25) is 0 Å². The predicted octanol–water partition coefficient (Wildman–Crippen LogP) is 1.72. The van der Waals surface area contributed by atoms with E-state index >= 15 is 0 Å². The average Bonchev–Trinajstić information content (AvgIpc) is 2.52. The van der Waals surface area contributed by atoms with E-state index in [9.17, 15) is 0 Å². The van der Waals surface area contributed by atoms with E-state index in [4.69, 9.17) is 18.0 Å². The molecule has 0 saturated heterocycles. The number of rotatable bonds is 1. The lowest BCUT2D eigenvalue weighted by molar-refractivity contribution is 1.27. The summed E-state index contributed by atoms with van der Waals surface area (Å²) in [4.78, 5) is 9.78. The van der Waals surface area contributed by atoms with Crippen LogP contribution in [-0.2, 0) is 0 Å². The number of pyridine rings is 1. The fourth-order valence-electron chi connectivity index (χ4n) is 1.10. The number of aromatic nitrogens is 3. The third kappa shape index (κ3) is 1.59. The molecular weight excluding hydrogens is 184 g/mol. The molecule has 13 heavy (non-hydrogen) atoms. The maximum absolute atomic E-state index is 5.54.